The lowest BCUT2D eigenvalue weighted by molar-refractivity contribution is 0.299. The minimum atomic E-state index is 0.217. The van der Waals surface area contributed by atoms with Gasteiger partial charge in [-0.25, -0.2) is 0 Å². The van der Waals surface area contributed by atoms with Crippen LogP contribution in [0.3, 0.4) is 0 Å². The van der Waals surface area contributed by atoms with Gasteiger partial charge in [0.05, 0.1) is 0 Å². The molecule has 1 nitrogen and oxygen atoms in total. The Morgan fingerprint density at radius 3 is 2.50 bits per heavy atom. The van der Waals surface area contributed by atoms with Gasteiger partial charge >= 0.3 is 0 Å². The molecule has 0 radical (unpaired) electrons. The van der Waals surface area contributed by atoms with Gasteiger partial charge in [0.2, 0.25) is 0 Å². The van der Waals surface area contributed by atoms with Crippen LogP contribution in [0.1, 0.15) is 16.7 Å². The minimum Gasteiger partial charge on any atom is -0.396 e. The highest BCUT2D eigenvalue weighted by molar-refractivity contribution is 9.10. The van der Waals surface area contributed by atoms with Crippen LogP contribution < -0.4 is 0 Å². The Morgan fingerprint density at radius 2 is 2.00 bits per heavy atom. The molecule has 0 fully saturated rings. The highest BCUT2D eigenvalue weighted by Crippen LogP contribution is 2.21. The third-order valence-electron chi connectivity index (χ3n) is 2.06. The summed E-state index contributed by atoms with van der Waals surface area (Å²) in [6.07, 6.45) is 0.736. The molecule has 0 aromatic heterocycles. The molecule has 0 aliphatic rings. The molecule has 0 saturated carbocycles. The summed E-state index contributed by atoms with van der Waals surface area (Å²) in [5.41, 5.74) is 3.73. The zero-order chi connectivity index (χ0) is 9.14. The quantitative estimate of drug-likeness (QED) is 0.826. The van der Waals surface area contributed by atoms with Crippen molar-refractivity contribution in [1.82, 2.24) is 0 Å². The first kappa shape index (κ1) is 9.75. The van der Waals surface area contributed by atoms with E-state index in [9.17, 15) is 0 Å². The van der Waals surface area contributed by atoms with Gasteiger partial charge in [0.1, 0.15) is 0 Å². The second kappa shape index (κ2) is 4.06. The number of aryl methyl sites for hydroxylation is 1. The zero-order valence-corrected chi connectivity index (χ0v) is 8.98. The summed E-state index contributed by atoms with van der Waals surface area (Å²) in [7, 11) is 0. The van der Waals surface area contributed by atoms with E-state index in [1.54, 1.807) is 0 Å². The van der Waals surface area contributed by atoms with Crippen molar-refractivity contribution >= 4 is 15.9 Å². The van der Waals surface area contributed by atoms with Gasteiger partial charge in [0, 0.05) is 11.1 Å². The van der Waals surface area contributed by atoms with E-state index in [-0.39, 0.29) is 6.61 Å². The number of hydrogen-bond donors (Lipinski definition) is 1. The topological polar surface area (TPSA) is 20.2 Å². The fourth-order valence-electron chi connectivity index (χ4n) is 1.16. The van der Waals surface area contributed by atoms with Gasteiger partial charge < -0.3 is 5.11 Å². The molecule has 0 atom stereocenters. The summed E-state index contributed by atoms with van der Waals surface area (Å²) >= 11 is 3.49. The summed E-state index contributed by atoms with van der Waals surface area (Å²) < 4.78 is 1.13. The largest absolute Gasteiger partial charge is 0.396 e. The summed E-state index contributed by atoms with van der Waals surface area (Å²) in [6.45, 7) is 4.39. The first-order valence-corrected chi connectivity index (χ1v) is 4.81. The molecule has 0 heterocycles. The van der Waals surface area contributed by atoms with E-state index >= 15 is 0 Å². The van der Waals surface area contributed by atoms with Crippen LogP contribution in [0.4, 0.5) is 0 Å². The lowest BCUT2D eigenvalue weighted by atomic mass is 10.0. The maximum absolute atomic E-state index is 8.76. The predicted molar refractivity (Wildman–Crippen MR) is 54.4 cm³/mol. The van der Waals surface area contributed by atoms with E-state index in [4.69, 9.17) is 5.11 Å². The van der Waals surface area contributed by atoms with E-state index in [1.807, 2.05) is 0 Å². The van der Waals surface area contributed by atoms with Crippen LogP contribution in [0.15, 0.2) is 16.6 Å². The number of aliphatic hydroxyl groups excluding tert-OH is 1. The average molecular weight is 229 g/mol. The molecule has 66 valence electrons. The number of hydrogen-bond acceptors (Lipinski definition) is 1. The van der Waals surface area contributed by atoms with Gasteiger partial charge in [-0.1, -0.05) is 22.0 Å². The standard InChI is InChI=1S/C10H13BrO/c1-7-5-9(3-4-12)6-10(11)8(7)2/h5-6,12H,3-4H2,1-2H3. The molecule has 0 saturated heterocycles. The van der Waals surface area contributed by atoms with Crippen molar-refractivity contribution in [3.05, 3.63) is 33.3 Å². The Hall–Kier alpha value is -0.340. The van der Waals surface area contributed by atoms with Crippen molar-refractivity contribution in [2.45, 2.75) is 20.3 Å². The second-order valence-electron chi connectivity index (χ2n) is 2.99. The molecule has 0 bridgehead atoms. The molecule has 1 N–H and O–H groups in total. The van der Waals surface area contributed by atoms with E-state index in [0.29, 0.717) is 0 Å². The Labute approximate surface area is 81.6 Å². The van der Waals surface area contributed by atoms with Crippen LogP contribution in [0, 0.1) is 13.8 Å². The Morgan fingerprint density at radius 1 is 1.33 bits per heavy atom. The van der Waals surface area contributed by atoms with Crippen molar-refractivity contribution in [2.75, 3.05) is 6.61 Å². The van der Waals surface area contributed by atoms with Gasteiger partial charge in [-0.05, 0) is 43.0 Å². The lowest BCUT2D eigenvalue weighted by Gasteiger charge is -2.06. The zero-order valence-electron chi connectivity index (χ0n) is 7.39. The Kier molecular flexibility index (Phi) is 3.29. The fraction of sp³-hybridized carbons (Fsp3) is 0.400. The van der Waals surface area contributed by atoms with Gasteiger partial charge in [0.25, 0.3) is 0 Å². The monoisotopic (exact) mass is 228 g/mol. The summed E-state index contributed by atoms with van der Waals surface area (Å²) in [5, 5.41) is 8.76. The van der Waals surface area contributed by atoms with Crippen LogP contribution in [0.5, 0.6) is 0 Å². The molecule has 12 heavy (non-hydrogen) atoms. The van der Waals surface area contributed by atoms with Gasteiger partial charge in [-0.15, -0.1) is 0 Å². The average Bonchev–Trinajstić information content (AvgIpc) is 2.01. The fourth-order valence-corrected chi connectivity index (χ4v) is 1.77. The maximum Gasteiger partial charge on any atom is 0.0471 e. The van der Waals surface area contributed by atoms with Crippen molar-refractivity contribution in [3.8, 4) is 0 Å². The van der Waals surface area contributed by atoms with E-state index < -0.39 is 0 Å². The third-order valence-corrected chi connectivity index (χ3v) is 2.89. The first-order valence-electron chi connectivity index (χ1n) is 4.01. The summed E-state index contributed by atoms with van der Waals surface area (Å²) in [5.74, 6) is 0. The Bertz CT molecular complexity index is 258. The van der Waals surface area contributed by atoms with Crippen LogP contribution in [0.2, 0.25) is 0 Å². The number of rotatable bonds is 2. The van der Waals surface area contributed by atoms with Crippen LogP contribution in [0.25, 0.3) is 0 Å². The smallest absolute Gasteiger partial charge is 0.0471 e. The number of halogens is 1. The highest BCUT2D eigenvalue weighted by atomic mass is 79.9. The molecule has 2 heteroatoms. The van der Waals surface area contributed by atoms with Crippen molar-refractivity contribution in [3.63, 3.8) is 0 Å². The van der Waals surface area contributed by atoms with Crippen LogP contribution in [-0.4, -0.2) is 11.7 Å². The van der Waals surface area contributed by atoms with Crippen LogP contribution >= 0.6 is 15.9 Å². The molecule has 1 aromatic rings. The molecule has 0 aliphatic carbocycles. The number of benzene rings is 1. The van der Waals surface area contributed by atoms with Crippen molar-refractivity contribution in [1.29, 1.82) is 0 Å². The summed E-state index contributed by atoms with van der Waals surface area (Å²) in [6, 6.07) is 4.19. The summed E-state index contributed by atoms with van der Waals surface area (Å²) in [4.78, 5) is 0. The molecular formula is C10H13BrO. The maximum atomic E-state index is 8.76. The van der Waals surface area contributed by atoms with E-state index in [1.165, 1.54) is 16.7 Å². The second-order valence-corrected chi connectivity index (χ2v) is 3.85. The predicted octanol–water partition coefficient (Wildman–Crippen LogP) is 2.60. The van der Waals surface area contributed by atoms with Gasteiger partial charge in [-0.2, -0.15) is 0 Å². The van der Waals surface area contributed by atoms with E-state index in [0.717, 1.165) is 10.9 Å². The third kappa shape index (κ3) is 2.08. The molecule has 1 rings (SSSR count). The Balaban J connectivity index is 3.04. The molecular weight excluding hydrogens is 216 g/mol. The highest BCUT2D eigenvalue weighted by Gasteiger charge is 2.00. The molecule has 0 spiro atoms. The SMILES string of the molecule is Cc1cc(CCO)cc(Br)c1C. The molecule has 0 amide bonds. The van der Waals surface area contributed by atoms with E-state index in [2.05, 4.69) is 41.9 Å². The van der Waals surface area contributed by atoms with Gasteiger partial charge in [0.15, 0.2) is 0 Å². The molecule has 1 aromatic carbocycles. The normalized spacial score (nSPS) is 10.3. The van der Waals surface area contributed by atoms with Gasteiger partial charge in [-0.3, -0.25) is 0 Å². The van der Waals surface area contributed by atoms with Crippen molar-refractivity contribution < 1.29 is 5.11 Å². The molecule has 0 unspecified atom stereocenters. The van der Waals surface area contributed by atoms with Crippen LogP contribution in [-0.2, 0) is 6.42 Å². The first-order chi connectivity index (χ1) is 5.65. The van der Waals surface area contributed by atoms with Crippen molar-refractivity contribution in [2.24, 2.45) is 0 Å². The lowest BCUT2D eigenvalue weighted by Crippen LogP contribution is -1.93. The number of aliphatic hydroxyl groups is 1. The molecule has 0 aliphatic heterocycles. The minimum absolute atomic E-state index is 0.217.